The minimum absolute atomic E-state index is 0. The van der Waals surface area contributed by atoms with Crippen molar-refractivity contribution in [3.8, 4) is 0 Å². The fraction of sp³-hybridized carbons (Fsp3) is 0.615. The van der Waals surface area contributed by atoms with Crippen molar-refractivity contribution >= 4 is 34.2 Å². The molecule has 0 bridgehead atoms. The van der Waals surface area contributed by atoms with Crippen LogP contribution in [0.4, 0.5) is 0 Å². The molecule has 5 nitrogen and oxygen atoms in total. The van der Waals surface area contributed by atoms with Gasteiger partial charge in [0.05, 0.1) is 12.2 Å². The molecule has 1 saturated heterocycles. The van der Waals surface area contributed by atoms with Crippen LogP contribution in [0, 0.1) is 5.41 Å². The molecule has 0 atom stereocenters. The van der Waals surface area contributed by atoms with Crippen molar-refractivity contribution in [3.63, 3.8) is 0 Å². The van der Waals surface area contributed by atoms with Gasteiger partial charge >= 0.3 is 0 Å². The van der Waals surface area contributed by atoms with Crippen LogP contribution in [0.2, 0.25) is 0 Å². The molecular weight excluding hydrogens is 348 g/mol. The first-order valence-electron chi connectivity index (χ1n) is 6.37. The van der Waals surface area contributed by atoms with E-state index in [-0.39, 0.29) is 23.7 Å². The highest BCUT2D eigenvalue weighted by Gasteiger charge is 2.32. The number of ether oxygens (including phenoxy) is 1. The maximum atomic E-state index is 12.0. The van der Waals surface area contributed by atoms with E-state index in [1.165, 1.54) is 6.26 Å². The number of rotatable bonds is 5. The van der Waals surface area contributed by atoms with E-state index in [1.54, 1.807) is 13.2 Å². The molecule has 1 fully saturated rings. The van der Waals surface area contributed by atoms with Crippen LogP contribution in [0.1, 0.15) is 23.2 Å². The Morgan fingerprint density at radius 2 is 2.25 bits per heavy atom. The predicted octanol–water partition coefficient (Wildman–Crippen LogP) is 2.21. The van der Waals surface area contributed by atoms with E-state index in [0.717, 1.165) is 25.9 Å². The molecule has 1 aromatic heterocycles. The monoisotopic (exact) mass is 366 g/mol. The van der Waals surface area contributed by atoms with Gasteiger partial charge in [0.25, 0.3) is 5.91 Å². The van der Waals surface area contributed by atoms with Gasteiger partial charge in [-0.05, 0) is 41.9 Å². The maximum Gasteiger partial charge on any atom is 0.254 e. The molecule has 1 aromatic rings. The quantitative estimate of drug-likeness (QED) is 0.837. The second kappa shape index (κ2) is 8.02. The highest BCUT2D eigenvalue weighted by Crippen LogP contribution is 2.28. The van der Waals surface area contributed by atoms with E-state index < -0.39 is 0 Å². The van der Waals surface area contributed by atoms with Crippen molar-refractivity contribution < 1.29 is 13.9 Å². The summed E-state index contributed by atoms with van der Waals surface area (Å²) in [5, 5.41) is 6.31. The van der Waals surface area contributed by atoms with Crippen LogP contribution in [0.15, 0.2) is 21.4 Å². The van der Waals surface area contributed by atoms with Gasteiger partial charge in [-0.2, -0.15) is 0 Å². The van der Waals surface area contributed by atoms with Crippen LogP contribution in [0.3, 0.4) is 0 Å². The fourth-order valence-electron chi connectivity index (χ4n) is 2.43. The highest BCUT2D eigenvalue weighted by molar-refractivity contribution is 9.10. The average molecular weight is 368 g/mol. The second-order valence-electron chi connectivity index (χ2n) is 5.01. The Morgan fingerprint density at radius 1 is 1.55 bits per heavy atom. The number of methoxy groups -OCH3 is 1. The van der Waals surface area contributed by atoms with Crippen LogP contribution in [0.25, 0.3) is 0 Å². The summed E-state index contributed by atoms with van der Waals surface area (Å²) in [6.45, 7) is 3.24. The summed E-state index contributed by atoms with van der Waals surface area (Å²) < 4.78 is 11.0. The van der Waals surface area contributed by atoms with Gasteiger partial charge in [-0.25, -0.2) is 0 Å². The molecule has 1 aliphatic heterocycles. The smallest absolute Gasteiger partial charge is 0.254 e. The molecule has 2 N–H and O–H groups in total. The van der Waals surface area contributed by atoms with Crippen molar-refractivity contribution in [1.29, 1.82) is 0 Å². The van der Waals surface area contributed by atoms with E-state index in [1.807, 2.05) is 0 Å². The van der Waals surface area contributed by atoms with Gasteiger partial charge in [0.1, 0.15) is 6.26 Å². The molecule has 1 amide bonds. The summed E-state index contributed by atoms with van der Waals surface area (Å²) in [6, 6.07) is 1.67. The van der Waals surface area contributed by atoms with Gasteiger partial charge in [-0.3, -0.25) is 4.79 Å². The molecule has 1 aliphatic rings. The number of amides is 1. The Bertz CT molecular complexity index is 427. The van der Waals surface area contributed by atoms with Gasteiger partial charge in [-0.15, -0.1) is 12.4 Å². The van der Waals surface area contributed by atoms with Crippen LogP contribution in [-0.2, 0) is 4.74 Å². The van der Waals surface area contributed by atoms with Gasteiger partial charge in [0, 0.05) is 25.1 Å². The standard InChI is InChI=1S/C13H19BrN2O3.ClH/c1-18-9-13(2-4-15-5-3-13)8-16-12(17)10-6-11(14)19-7-10;/h6-7,15H,2-5,8-9H2,1H3,(H,16,17);1H. The van der Waals surface area contributed by atoms with Gasteiger partial charge in [-0.1, -0.05) is 0 Å². The van der Waals surface area contributed by atoms with Gasteiger partial charge in [0.15, 0.2) is 4.67 Å². The molecule has 2 heterocycles. The lowest BCUT2D eigenvalue weighted by Crippen LogP contribution is -2.47. The number of nitrogens with one attached hydrogen (secondary N) is 2. The van der Waals surface area contributed by atoms with Crippen LogP contribution in [-0.4, -0.2) is 39.3 Å². The van der Waals surface area contributed by atoms with Crippen LogP contribution >= 0.6 is 28.3 Å². The molecule has 0 saturated carbocycles. The van der Waals surface area contributed by atoms with Crippen molar-refractivity contribution in [2.75, 3.05) is 33.4 Å². The Morgan fingerprint density at radius 3 is 2.80 bits per heavy atom. The first-order chi connectivity index (χ1) is 9.15. The number of carbonyl (C=O) groups excluding carboxylic acids is 1. The third-order valence-electron chi connectivity index (χ3n) is 3.57. The van der Waals surface area contributed by atoms with Crippen molar-refractivity contribution in [1.82, 2.24) is 10.6 Å². The molecule has 0 aliphatic carbocycles. The van der Waals surface area contributed by atoms with E-state index in [4.69, 9.17) is 9.15 Å². The topological polar surface area (TPSA) is 63.5 Å². The number of hydrogen-bond donors (Lipinski definition) is 2. The number of hydrogen-bond acceptors (Lipinski definition) is 4. The van der Waals surface area contributed by atoms with Crippen LogP contribution < -0.4 is 10.6 Å². The van der Waals surface area contributed by atoms with Gasteiger partial charge in [0.2, 0.25) is 0 Å². The summed E-state index contributed by atoms with van der Waals surface area (Å²) in [5.41, 5.74) is 0.574. The molecule has 114 valence electrons. The molecule has 7 heteroatoms. The molecule has 2 rings (SSSR count). The predicted molar refractivity (Wildman–Crippen MR) is 82.4 cm³/mol. The third-order valence-corrected chi connectivity index (χ3v) is 3.98. The highest BCUT2D eigenvalue weighted by atomic mass is 79.9. The zero-order valence-electron chi connectivity index (χ0n) is 11.4. The molecule has 0 aromatic carbocycles. The molecule has 0 spiro atoms. The van der Waals surface area contributed by atoms with E-state index in [2.05, 4.69) is 26.6 Å². The Labute approximate surface area is 133 Å². The van der Waals surface area contributed by atoms with E-state index >= 15 is 0 Å². The third kappa shape index (κ3) is 4.48. The minimum atomic E-state index is -0.108. The lowest BCUT2D eigenvalue weighted by molar-refractivity contribution is 0.0511. The SMILES string of the molecule is COCC1(CNC(=O)c2coc(Br)c2)CCNCC1.Cl. The lowest BCUT2D eigenvalue weighted by atomic mass is 9.79. The van der Waals surface area contributed by atoms with Crippen molar-refractivity contribution in [2.45, 2.75) is 12.8 Å². The number of halogens is 2. The van der Waals surface area contributed by atoms with Gasteiger partial charge < -0.3 is 19.8 Å². The summed E-state index contributed by atoms with van der Waals surface area (Å²) >= 11 is 3.19. The zero-order chi connectivity index (χ0) is 13.7. The second-order valence-corrected chi connectivity index (χ2v) is 5.79. The Kier molecular flexibility index (Phi) is 7.02. The first-order valence-corrected chi connectivity index (χ1v) is 7.16. The van der Waals surface area contributed by atoms with Crippen LogP contribution in [0.5, 0.6) is 0 Å². The van der Waals surface area contributed by atoms with E-state index in [0.29, 0.717) is 23.4 Å². The Hall–Kier alpha value is -0.560. The zero-order valence-corrected chi connectivity index (χ0v) is 13.8. The summed E-state index contributed by atoms with van der Waals surface area (Å²) in [5.74, 6) is -0.108. The number of piperidine rings is 1. The van der Waals surface area contributed by atoms with Crippen molar-refractivity contribution in [3.05, 3.63) is 22.6 Å². The van der Waals surface area contributed by atoms with E-state index in [9.17, 15) is 4.79 Å². The fourth-order valence-corrected chi connectivity index (χ4v) is 2.77. The molecular formula is C13H20BrClN2O3. The summed E-state index contributed by atoms with van der Waals surface area (Å²) in [4.78, 5) is 12.0. The normalized spacial score (nSPS) is 17.3. The average Bonchev–Trinajstić information content (AvgIpc) is 2.84. The summed E-state index contributed by atoms with van der Waals surface area (Å²) in [7, 11) is 1.71. The lowest BCUT2D eigenvalue weighted by Gasteiger charge is -2.37. The summed E-state index contributed by atoms with van der Waals surface area (Å²) in [6.07, 6.45) is 3.47. The first kappa shape index (κ1) is 17.5. The minimum Gasteiger partial charge on any atom is -0.457 e. The van der Waals surface area contributed by atoms with Crippen molar-refractivity contribution in [2.24, 2.45) is 5.41 Å². The number of carbonyl (C=O) groups is 1. The molecule has 20 heavy (non-hydrogen) atoms. The molecule has 0 radical (unpaired) electrons. The maximum absolute atomic E-state index is 12.0. The molecule has 0 unspecified atom stereocenters. The number of furan rings is 1. The Balaban J connectivity index is 0.00000200. The largest absolute Gasteiger partial charge is 0.457 e.